The highest BCUT2D eigenvalue weighted by Gasteiger charge is 2.18. The van der Waals surface area contributed by atoms with E-state index in [0.717, 1.165) is 28.1 Å². The molecule has 2 amide bonds. The van der Waals surface area contributed by atoms with Crippen LogP contribution in [-0.4, -0.2) is 44.8 Å². The van der Waals surface area contributed by atoms with Crippen LogP contribution in [0.5, 0.6) is 0 Å². The second-order valence-electron chi connectivity index (χ2n) is 7.46. The van der Waals surface area contributed by atoms with Crippen molar-refractivity contribution in [2.45, 2.75) is 13.8 Å². The fourth-order valence-corrected chi connectivity index (χ4v) is 3.53. The van der Waals surface area contributed by atoms with Gasteiger partial charge in [0.25, 0.3) is 5.91 Å². The summed E-state index contributed by atoms with van der Waals surface area (Å²) < 4.78 is 2.05. The molecule has 0 unspecified atom stereocenters. The Bertz CT molecular complexity index is 1260. The van der Waals surface area contributed by atoms with Gasteiger partial charge in [0.15, 0.2) is 0 Å². The number of benzene rings is 2. The number of hydrogen-bond donors (Lipinski definition) is 1. The predicted octanol–water partition coefficient (Wildman–Crippen LogP) is 3.75. The smallest absolute Gasteiger partial charge is 0.254 e. The van der Waals surface area contributed by atoms with Crippen LogP contribution in [0.2, 0.25) is 0 Å². The first-order valence-electron chi connectivity index (χ1n) is 9.95. The summed E-state index contributed by atoms with van der Waals surface area (Å²) in [6.45, 7) is 3.78. The van der Waals surface area contributed by atoms with Crippen LogP contribution in [0.25, 0.3) is 16.7 Å². The molecule has 0 bridgehead atoms. The van der Waals surface area contributed by atoms with Crippen molar-refractivity contribution in [2.24, 2.45) is 0 Å². The summed E-state index contributed by atoms with van der Waals surface area (Å²) in [5.74, 6) is 0.749. The number of pyridine rings is 1. The number of amides is 2. The van der Waals surface area contributed by atoms with Crippen LogP contribution in [0, 0.1) is 13.8 Å². The van der Waals surface area contributed by atoms with Crippen molar-refractivity contribution in [3.63, 3.8) is 0 Å². The molecule has 0 radical (unpaired) electrons. The Labute approximate surface area is 180 Å². The van der Waals surface area contributed by atoms with Gasteiger partial charge >= 0.3 is 0 Å². The summed E-state index contributed by atoms with van der Waals surface area (Å²) in [5, 5.41) is 2.72. The molecule has 0 atom stereocenters. The lowest BCUT2D eigenvalue weighted by atomic mass is 10.1. The minimum atomic E-state index is -0.306. The molecule has 0 fully saturated rings. The molecule has 2 heterocycles. The molecule has 7 heteroatoms. The van der Waals surface area contributed by atoms with Gasteiger partial charge in [-0.25, -0.2) is 9.97 Å². The van der Waals surface area contributed by atoms with Gasteiger partial charge in [-0.05, 0) is 61.9 Å². The molecule has 1 N–H and O–H groups in total. The number of likely N-dealkylation sites (N-methyl/N-ethyl adjacent to an activating group) is 1. The Kier molecular flexibility index (Phi) is 5.49. The van der Waals surface area contributed by atoms with Crippen molar-refractivity contribution >= 4 is 28.7 Å². The SMILES string of the molecule is Cc1ccnc(NC(=O)CN(C)C(=O)c2ccc3c(c2)nc(C)n3-c2ccccc2)c1. The number of carbonyl (C=O) groups is 2. The third-order valence-electron chi connectivity index (χ3n) is 4.99. The lowest BCUT2D eigenvalue weighted by Gasteiger charge is -2.17. The van der Waals surface area contributed by atoms with Crippen LogP contribution in [0.3, 0.4) is 0 Å². The Morgan fingerprint density at radius 1 is 1.03 bits per heavy atom. The van der Waals surface area contributed by atoms with Crippen molar-refractivity contribution in [1.29, 1.82) is 0 Å². The molecule has 0 saturated carbocycles. The third kappa shape index (κ3) is 4.30. The molecule has 2 aromatic heterocycles. The van der Waals surface area contributed by atoms with Crippen LogP contribution in [0.1, 0.15) is 21.7 Å². The zero-order valence-corrected chi connectivity index (χ0v) is 17.7. The fourth-order valence-electron chi connectivity index (χ4n) is 3.53. The molecule has 31 heavy (non-hydrogen) atoms. The van der Waals surface area contributed by atoms with E-state index in [4.69, 9.17) is 0 Å². The first-order valence-corrected chi connectivity index (χ1v) is 9.95. The number of anilines is 1. The molecular formula is C24H23N5O2. The molecule has 0 aliphatic rings. The number of carbonyl (C=O) groups excluding carboxylic acids is 2. The minimum absolute atomic E-state index is 0.0794. The lowest BCUT2D eigenvalue weighted by molar-refractivity contribution is -0.116. The predicted molar refractivity (Wildman–Crippen MR) is 120 cm³/mol. The lowest BCUT2D eigenvalue weighted by Crippen LogP contribution is -2.35. The van der Waals surface area contributed by atoms with Crippen molar-refractivity contribution in [1.82, 2.24) is 19.4 Å². The normalized spacial score (nSPS) is 10.8. The Hall–Kier alpha value is -4.00. The molecule has 0 spiro atoms. The summed E-state index contributed by atoms with van der Waals surface area (Å²) in [6, 6.07) is 19.0. The van der Waals surface area contributed by atoms with Gasteiger partial charge in [-0.1, -0.05) is 18.2 Å². The quantitative estimate of drug-likeness (QED) is 0.540. The molecule has 2 aromatic carbocycles. The highest BCUT2D eigenvalue weighted by molar-refractivity contribution is 6.00. The van der Waals surface area contributed by atoms with Gasteiger partial charge in [0.05, 0.1) is 17.6 Å². The van der Waals surface area contributed by atoms with Crippen LogP contribution in [-0.2, 0) is 4.79 Å². The largest absolute Gasteiger partial charge is 0.332 e. The number of aromatic nitrogens is 3. The number of hydrogen-bond acceptors (Lipinski definition) is 4. The summed E-state index contributed by atoms with van der Waals surface area (Å²) in [6.07, 6.45) is 1.63. The first-order chi connectivity index (χ1) is 14.9. The zero-order valence-electron chi connectivity index (χ0n) is 17.7. The molecule has 0 aliphatic carbocycles. The highest BCUT2D eigenvalue weighted by atomic mass is 16.2. The summed E-state index contributed by atoms with van der Waals surface area (Å²) >= 11 is 0. The summed E-state index contributed by atoms with van der Waals surface area (Å²) in [4.78, 5) is 35.3. The molecule has 0 saturated heterocycles. The van der Waals surface area contributed by atoms with Crippen LogP contribution in [0.4, 0.5) is 5.82 Å². The fraction of sp³-hybridized carbons (Fsp3) is 0.167. The van der Waals surface area contributed by atoms with Gasteiger partial charge in [-0.3, -0.25) is 14.2 Å². The molecule has 4 aromatic rings. The van der Waals surface area contributed by atoms with Gasteiger partial charge in [-0.2, -0.15) is 0 Å². The third-order valence-corrected chi connectivity index (χ3v) is 4.99. The van der Waals surface area contributed by atoms with E-state index in [1.165, 1.54) is 4.90 Å². The first kappa shape index (κ1) is 20.3. The van der Waals surface area contributed by atoms with E-state index in [9.17, 15) is 9.59 Å². The maximum absolute atomic E-state index is 12.9. The van der Waals surface area contributed by atoms with Crippen LogP contribution < -0.4 is 5.32 Å². The van der Waals surface area contributed by atoms with Crippen LogP contribution in [0.15, 0.2) is 66.9 Å². The molecule has 0 aliphatic heterocycles. The van der Waals surface area contributed by atoms with Crippen molar-refractivity contribution in [3.8, 4) is 5.69 Å². The Balaban J connectivity index is 1.51. The zero-order chi connectivity index (χ0) is 22.0. The monoisotopic (exact) mass is 413 g/mol. The average Bonchev–Trinajstić information content (AvgIpc) is 3.08. The molecule has 4 rings (SSSR count). The molecule has 7 nitrogen and oxygen atoms in total. The number of fused-ring (bicyclic) bond motifs is 1. The number of aryl methyl sites for hydroxylation is 2. The van der Waals surface area contributed by atoms with E-state index >= 15 is 0 Å². The second kappa shape index (κ2) is 8.39. The van der Waals surface area contributed by atoms with Crippen molar-refractivity contribution in [3.05, 3.63) is 83.8 Å². The van der Waals surface area contributed by atoms with Crippen molar-refractivity contribution in [2.75, 3.05) is 18.9 Å². The average molecular weight is 413 g/mol. The second-order valence-corrected chi connectivity index (χ2v) is 7.46. The van der Waals surface area contributed by atoms with E-state index < -0.39 is 0 Å². The van der Waals surface area contributed by atoms with E-state index in [-0.39, 0.29) is 18.4 Å². The summed E-state index contributed by atoms with van der Waals surface area (Å²) in [7, 11) is 1.60. The van der Waals surface area contributed by atoms with E-state index in [2.05, 4.69) is 19.9 Å². The summed E-state index contributed by atoms with van der Waals surface area (Å²) in [5.41, 5.74) is 4.14. The Morgan fingerprint density at radius 3 is 2.55 bits per heavy atom. The molecular weight excluding hydrogens is 390 g/mol. The van der Waals surface area contributed by atoms with E-state index in [1.54, 1.807) is 31.4 Å². The molecule has 156 valence electrons. The van der Waals surface area contributed by atoms with E-state index in [1.807, 2.05) is 56.3 Å². The maximum Gasteiger partial charge on any atom is 0.254 e. The van der Waals surface area contributed by atoms with Gasteiger partial charge < -0.3 is 10.2 Å². The van der Waals surface area contributed by atoms with Gasteiger partial charge in [-0.15, -0.1) is 0 Å². The number of nitrogens with one attached hydrogen (secondary N) is 1. The van der Waals surface area contributed by atoms with E-state index in [0.29, 0.717) is 11.4 Å². The standard InChI is InChI=1S/C24H23N5O2/c1-16-11-12-25-22(13-16)27-23(30)15-28(3)24(31)18-9-10-21-20(14-18)26-17(2)29(21)19-7-5-4-6-8-19/h4-14H,15H2,1-3H3,(H,25,27,30). The maximum atomic E-state index is 12.9. The van der Waals surface area contributed by atoms with Crippen molar-refractivity contribution < 1.29 is 9.59 Å². The number of para-hydroxylation sites is 1. The highest BCUT2D eigenvalue weighted by Crippen LogP contribution is 2.22. The van der Waals surface area contributed by atoms with Gasteiger partial charge in [0.1, 0.15) is 11.6 Å². The van der Waals surface area contributed by atoms with Gasteiger partial charge in [0, 0.05) is 24.5 Å². The number of imidazole rings is 1. The number of rotatable bonds is 5. The topological polar surface area (TPSA) is 80.1 Å². The minimum Gasteiger partial charge on any atom is -0.332 e. The van der Waals surface area contributed by atoms with Gasteiger partial charge in [0.2, 0.25) is 5.91 Å². The number of nitrogens with zero attached hydrogens (tertiary/aromatic N) is 4. The Morgan fingerprint density at radius 2 is 1.81 bits per heavy atom. The van der Waals surface area contributed by atoms with Crippen LogP contribution >= 0.6 is 0 Å².